The molecular formula is C21H27N5O3. The molecule has 2 fully saturated rings. The summed E-state index contributed by atoms with van der Waals surface area (Å²) < 4.78 is 6.88. The molecule has 1 amide bonds. The van der Waals surface area contributed by atoms with Gasteiger partial charge >= 0.3 is 0 Å². The summed E-state index contributed by atoms with van der Waals surface area (Å²) in [7, 11) is 0. The molecule has 8 nitrogen and oxygen atoms in total. The minimum atomic E-state index is -0.0932. The van der Waals surface area contributed by atoms with Crippen LogP contribution in [0.15, 0.2) is 41.5 Å². The third-order valence-electron chi connectivity index (χ3n) is 5.66. The Morgan fingerprint density at radius 3 is 2.90 bits per heavy atom. The normalized spacial score (nSPS) is 20.8. The van der Waals surface area contributed by atoms with Crippen LogP contribution in [-0.2, 0) is 16.1 Å². The average Bonchev–Trinajstić information content (AvgIpc) is 3.08. The van der Waals surface area contributed by atoms with E-state index in [2.05, 4.69) is 15.0 Å². The monoisotopic (exact) mass is 397 g/mol. The SMILES string of the molecule is O=C1COCCCN1CCN1CCCC1Cn1nc(-c2cccnc2)ccc1=O. The highest BCUT2D eigenvalue weighted by Crippen LogP contribution is 2.19. The molecule has 0 N–H and O–H groups in total. The fraction of sp³-hybridized carbons (Fsp3) is 0.524. The largest absolute Gasteiger partial charge is 0.372 e. The van der Waals surface area contributed by atoms with E-state index in [1.54, 1.807) is 29.2 Å². The van der Waals surface area contributed by atoms with Crippen LogP contribution in [0.5, 0.6) is 0 Å². The molecule has 2 aromatic rings. The predicted octanol–water partition coefficient (Wildman–Crippen LogP) is 1.02. The Bertz CT molecular complexity index is 885. The van der Waals surface area contributed by atoms with Crippen molar-refractivity contribution in [2.75, 3.05) is 39.4 Å². The van der Waals surface area contributed by atoms with Crippen molar-refractivity contribution in [2.45, 2.75) is 31.8 Å². The summed E-state index contributed by atoms with van der Waals surface area (Å²) in [4.78, 5) is 32.9. The van der Waals surface area contributed by atoms with E-state index in [1.807, 2.05) is 17.0 Å². The van der Waals surface area contributed by atoms with Gasteiger partial charge in [-0.2, -0.15) is 5.10 Å². The van der Waals surface area contributed by atoms with Crippen LogP contribution in [0.25, 0.3) is 11.3 Å². The Morgan fingerprint density at radius 1 is 1.10 bits per heavy atom. The van der Waals surface area contributed by atoms with Crippen molar-refractivity contribution in [1.82, 2.24) is 24.6 Å². The molecule has 0 radical (unpaired) electrons. The Kier molecular flexibility index (Phi) is 6.31. The number of amides is 1. The van der Waals surface area contributed by atoms with Crippen molar-refractivity contribution in [1.29, 1.82) is 0 Å². The highest BCUT2D eigenvalue weighted by Gasteiger charge is 2.27. The van der Waals surface area contributed by atoms with E-state index in [4.69, 9.17) is 4.74 Å². The zero-order chi connectivity index (χ0) is 20.1. The lowest BCUT2D eigenvalue weighted by Crippen LogP contribution is -2.43. The lowest BCUT2D eigenvalue weighted by molar-refractivity contribution is -0.134. The van der Waals surface area contributed by atoms with Crippen LogP contribution in [0.2, 0.25) is 0 Å². The standard InChI is InChI=1S/C21H27N5O3/c27-20-7-6-19(17-4-1-8-22-14-17)23-26(20)15-18-5-2-9-24(18)11-12-25-10-3-13-29-16-21(25)28/h1,4,6-8,14,18H,2-3,5,9-13,15-16H2. The van der Waals surface area contributed by atoms with Crippen molar-refractivity contribution in [3.63, 3.8) is 0 Å². The van der Waals surface area contributed by atoms with Crippen molar-refractivity contribution in [3.05, 3.63) is 47.0 Å². The molecule has 1 unspecified atom stereocenters. The van der Waals surface area contributed by atoms with Crippen LogP contribution >= 0.6 is 0 Å². The van der Waals surface area contributed by atoms with Crippen molar-refractivity contribution in [3.8, 4) is 11.3 Å². The summed E-state index contributed by atoms with van der Waals surface area (Å²) >= 11 is 0. The van der Waals surface area contributed by atoms with Crippen LogP contribution < -0.4 is 5.56 Å². The van der Waals surface area contributed by atoms with E-state index in [1.165, 1.54) is 0 Å². The van der Waals surface area contributed by atoms with E-state index < -0.39 is 0 Å². The van der Waals surface area contributed by atoms with Crippen molar-refractivity contribution in [2.24, 2.45) is 0 Å². The molecule has 154 valence electrons. The summed E-state index contributed by atoms with van der Waals surface area (Å²) in [5, 5.41) is 4.57. The maximum Gasteiger partial charge on any atom is 0.266 e. The molecule has 0 bridgehead atoms. The van der Waals surface area contributed by atoms with Gasteiger partial charge in [-0.15, -0.1) is 0 Å². The molecule has 2 aliphatic rings. The molecular weight excluding hydrogens is 370 g/mol. The van der Waals surface area contributed by atoms with E-state index >= 15 is 0 Å². The van der Waals surface area contributed by atoms with E-state index in [0.717, 1.165) is 50.2 Å². The van der Waals surface area contributed by atoms with E-state index in [9.17, 15) is 9.59 Å². The Morgan fingerprint density at radius 2 is 2.03 bits per heavy atom. The first-order chi connectivity index (χ1) is 14.2. The van der Waals surface area contributed by atoms with Crippen LogP contribution in [0.1, 0.15) is 19.3 Å². The molecule has 2 aliphatic heterocycles. The molecule has 2 aromatic heterocycles. The second kappa shape index (κ2) is 9.28. The zero-order valence-corrected chi connectivity index (χ0v) is 16.6. The number of pyridine rings is 1. The Labute approximate surface area is 170 Å². The summed E-state index contributed by atoms with van der Waals surface area (Å²) in [5.41, 5.74) is 1.55. The third kappa shape index (κ3) is 4.89. The molecule has 2 saturated heterocycles. The minimum absolute atomic E-state index is 0.0697. The topological polar surface area (TPSA) is 80.6 Å². The molecule has 0 saturated carbocycles. The number of ether oxygens (including phenoxy) is 1. The van der Waals surface area contributed by atoms with Gasteiger partial charge < -0.3 is 9.64 Å². The summed E-state index contributed by atoms with van der Waals surface area (Å²) in [6, 6.07) is 7.37. The van der Waals surface area contributed by atoms with Crippen molar-refractivity contribution < 1.29 is 9.53 Å². The number of hydrogen-bond acceptors (Lipinski definition) is 6. The highest BCUT2D eigenvalue weighted by atomic mass is 16.5. The second-order valence-electron chi connectivity index (χ2n) is 7.60. The first-order valence-corrected chi connectivity index (χ1v) is 10.3. The van der Waals surface area contributed by atoms with Gasteiger partial charge in [-0.3, -0.25) is 19.5 Å². The Balaban J connectivity index is 1.42. The molecule has 0 aromatic carbocycles. The van der Waals surface area contributed by atoms with E-state index in [0.29, 0.717) is 19.7 Å². The maximum atomic E-state index is 12.4. The number of likely N-dealkylation sites (tertiary alicyclic amines) is 1. The molecule has 0 spiro atoms. The minimum Gasteiger partial charge on any atom is -0.372 e. The molecule has 1 atom stereocenters. The number of aromatic nitrogens is 3. The van der Waals surface area contributed by atoms with Gasteiger partial charge in [0, 0.05) is 56.3 Å². The lowest BCUT2D eigenvalue weighted by Gasteiger charge is -2.28. The number of carbonyl (C=O) groups excluding carboxylic acids is 1. The molecule has 4 heterocycles. The van der Waals surface area contributed by atoms with Gasteiger partial charge in [-0.1, -0.05) is 0 Å². The number of hydrogen-bond donors (Lipinski definition) is 0. The molecule has 0 aliphatic carbocycles. The van der Waals surface area contributed by atoms with Gasteiger partial charge in [0.15, 0.2) is 0 Å². The number of rotatable bonds is 6. The summed E-state index contributed by atoms with van der Waals surface area (Å²) in [6.07, 6.45) is 6.48. The van der Waals surface area contributed by atoms with Gasteiger partial charge in [0.1, 0.15) is 6.61 Å². The summed E-state index contributed by atoms with van der Waals surface area (Å²) in [5.74, 6) is 0.0697. The van der Waals surface area contributed by atoms with Crippen LogP contribution in [0.4, 0.5) is 0 Å². The first-order valence-electron chi connectivity index (χ1n) is 10.3. The number of carbonyl (C=O) groups is 1. The first kappa shape index (κ1) is 19.7. The highest BCUT2D eigenvalue weighted by molar-refractivity contribution is 5.77. The van der Waals surface area contributed by atoms with Gasteiger partial charge in [0.2, 0.25) is 5.91 Å². The molecule has 4 rings (SSSR count). The fourth-order valence-corrected chi connectivity index (χ4v) is 4.06. The van der Waals surface area contributed by atoms with E-state index in [-0.39, 0.29) is 24.1 Å². The predicted molar refractivity (Wildman–Crippen MR) is 108 cm³/mol. The van der Waals surface area contributed by atoms with Crippen LogP contribution in [0.3, 0.4) is 0 Å². The zero-order valence-electron chi connectivity index (χ0n) is 16.6. The van der Waals surface area contributed by atoms with Gasteiger partial charge in [0.05, 0.1) is 12.2 Å². The third-order valence-corrected chi connectivity index (χ3v) is 5.66. The van der Waals surface area contributed by atoms with Gasteiger partial charge in [0.25, 0.3) is 5.56 Å². The molecule has 8 heteroatoms. The smallest absolute Gasteiger partial charge is 0.266 e. The average molecular weight is 397 g/mol. The summed E-state index contributed by atoms with van der Waals surface area (Å²) in [6.45, 7) is 4.65. The number of nitrogens with zero attached hydrogens (tertiary/aromatic N) is 5. The quantitative estimate of drug-likeness (QED) is 0.724. The van der Waals surface area contributed by atoms with Crippen molar-refractivity contribution >= 4 is 5.91 Å². The van der Waals surface area contributed by atoms with Crippen LogP contribution in [-0.4, -0.2) is 75.9 Å². The Hall–Kier alpha value is -2.58. The van der Waals surface area contributed by atoms with Gasteiger partial charge in [-0.25, -0.2) is 4.68 Å². The van der Waals surface area contributed by atoms with Gasteiger partial charge in [-0.05, 0) is 44.0 Å². The maximum absolute atomic E-state index is 12.4. The second-order valence-corrected chi connectivity index (χ2v) is 7.60. The van der Waals surface area contributed by atoms with Crippen LogP contribution in [0, 0.1) is 0 Å². The molecule has 29 heavy (non-hydrogen) atoms. The lowest BCUT2D eigenvalue weighted by atomic mass is 10.2. The fourth-order valence-electron chi connectivity index (χ4n) is 4.06.